The summed E-state index contributed by atoms with van der Waals surface area (Å²) in [5, 5.41) is 0. The molecule has 0 heterocycles. The summed E-state index contributed by atoms with van der Waals surface area (Å²) in [6.45, 7) is 3.97. The second-order valence-electron chi connectivity index (χ2n) is 4.57. The Balaban J connectivity index is 2.70. The van der Waals surface area contributed by atoms with E-state index in [-0.39, 0.29) is 11.6 Å². The van der Waals surface area contributed by atoms with E-state index in [1.807, 2.05) is 38.1 Å². The molecule has 0 aromatic heterocycles. The van der Waals surface area contributed by atoms with Gasteiger partial charge in [-0.1, -0.05) is 12.1 Å². The van der Waals surface area contributed by atoms with Crippen molar-refractivity contribution in [1.29, 1.82) is 0 Å². The normalized spacial score (nSPS) is 13.7. The van der Waals surface area contributed by atoms with Crippen molar-refractivity contribution in [1.82, 2.24) is 0 Å². The fraction of sp³-hybridized carbons (Fsp3) is 0.500. The minimum absolute atomic E-state index is 0.0177. The van der Waals surface area contributed by atoms with Gasteiger partial charge in [0.25, 0.3) is 0 Å². The summed E-state index contributed by atoms with van der Waals surface area (Å²) in [7, 11) is 1.65. The third-order valence-electron chi connectivity index (χ3n) is 2.29. The van der Waals surface area contributed by atoms with Gasteiger partial charge < -0.3 is 16.2 Å². The number of benzene rings is 1. The van der Waals surface area contributed by atoms with Crippen LogP contribution in [0.25, 0.3) is 0 Å². The summed E-state index contributed by atoms with van der Waals surface area (Å²) in [5.41, 5.74) is 12.8. The van der Waals surface area contributed by atoms with Crippen LogP contribution in [0.4, 0.5) is 0 Å². The quantitative estimate of drug-likeness (QED) is 0.793. The summed E-state index contributed by atoms with van der Waals surface area (Å²) in [5.74, 6) is 0.845. The Kier molecular flexibility index (Phi) is 3.72. The van der Waals surface area contributed by atoms with Gasteiger partial charge in [-0.15, -0.1) is 0 Å². The Morgan fingerprint density at radius 2 is 1.80 bits per heavy atom. The van der Waals surface area contributed by atoms with Gasteiger partial charge in [-0.3, -0.25) is 0 Å². The highest BCUT2D eigenvalue weighted by atomic mass is 16.5. The van der Waals surface area contributed by atoms with E-state index in [0.29, 0.717) is 0 Å². The Morgan fingerprint density at radius 3 is 2.20 bits per heavy atom. The third-order valence-corrected chi connectivity index (χ3v) is 2.29. The second-order valence-corrected chi connectivity index (χ2v) is 4.57. The molecule has 0 saturated carbocycles. The molecular weight excluding hydrogens is 188 g/mol. The van der Waals surface area contributed by atoms with Gasteiger partial charge in [0.2, 0.25) is 0 Å². The van der Waals surface area contributed by atoms with Crippen LogP contribution in [-0.4, -0.2) is 12.6 Å². The molecule has 0 amide bonds. The molecule has 0 aliphatic heterocycles. The molecule has 1 atom stereocenters. The Labute approximate surface area is 91.4 Å². The molecule has 0 bridgehead atoms. The lowest BCUT2D eigenvalue weighted by Crippen LogP contribution is -2.35. The zero-order valence-corrected chi connectivity index (χ0v) is 9.66. The standard InChI is InChI=1S/C12H20N2O/c1-12(2,14)8-11(13)9-4-6-10(15-3)7-5-9/h4-7,11H,8,13-14H2,1-3H3. The fourth-order valence-electron chi connectivity index (χ4n) is 1.54. The van der Waals surface area contributed by atoms with Crippen LogP contribution in [-0.2, 0) is 0 Å². The average molecular weight is 208 g/mol. The van der Waals surface area contributed by atoms with Gasteiger partial charge in [-0.25, -0.2) is 0 Å². The Bertz CT molecular complexity index is 300. The molecule has 1 aromatic rings. The fourth-order valence-corrected chi connectivity index (χ4v) is 1.54. The zero-order valence-electron chi connectivity index (χ0n) is 9.66. The molecule has 15 heavy (non-hydrogen) atoms. The lowest BCUT2D eigenvalue weighted by Gasteiger charge is -2.23. The van der Waals surface area contributed by atoms with Crippen LogP contribution in [0.3, 0.4) is 0 Å². The topological polar surface area (TPSA) is 61.3 Å². The first-order valence-corrected chi connectivity index (χ1v) is 5.11. The molecule has 4 N–H and O–H groups in total. The number of hydrogen-bond donors (Lipinski definition) is 2. The van der Waals surface area contributed by atoms with Gasteiger partial charge in [0.15, 0.2) is 0 Å². The largest absolute Gasteiger partial charge is 0.497 e. The summed E-state index contributed by atoms with van der Waals surface area (Å²) >= 11 is 0. The van der Waals surface area contributed by atoms with Crippen LogP contribution < -0.4 is 16.2 Å². The molecule has 84 valence electrons. The van der Waals surface area contributed by atoms with E-state index in [1.54, 1.807) is 7.11 Å². The van der Waals surface area contributed by atoms with Gasteiger partial charge in [-0.05, 0) is 38.0 Å². The molecule has 3 nitrogen and oxygen atoms in total. The zero-order chi connectivity index (χ0) is 11.5. The Hall–Kier alpha value is -1.06. The maximum atomic E-state index is 6.05. The predicted molar refractivity (Wildman–Crippen MR) is 62.8 cm³/mol. The molecule has 0 radical (unpaired) electrons. The smallest absolute Gasteiger partial charge is 0.118 e. The van der Waals surface area contributed by atoms with Crippen molar-refractivity contribution in [2.45, 2.75) is 31.8 Å². The lowest BCUT2D eigenvalue weighted by atomic mass is 9.93. The average Bonchev–Trinajstić information content (AvgIpc) is 2.15. The first-order valence-electron chi connectivity index (χ1n) is 5.11. The van der Waals surface area contributed by atoms with Crippen molar-refractivity contribution in [2.24, 2.45) is 11.5 Å². The first kappa shape index (κ1) is 12.0. The van der Waals surface area contributed by atoms with E-state index in [1.165, 1.54) is 0 Å². The molecule has 0 aliphatic carbocycles. The van der Waals surface area contributed by atoms with Crippen molar-refractivity contribution in [3.63, 3.8) is 0 Å². The van der Waals surface area contributed by atoms with Crippen molar-refractivity contribution < 1.29 is 4.74 Å². The highest BCUT2D eigenvalue weighted by Crippen LogP contribution is 2.22. The molecule has 1 aromatic carbocycles. The molecule has 1 unspecified atom stereocenters. The van der Waals surface area contributed by atoms with Gasteiger partial charge in [-0.2, -0.15) is 0 Å². The number of rotatable bonds is 4. The van der Waals surface area contributed by atoms with E-state index >= 15 is 0 Å². The predicted octanol–water partition coefficient (Wildman–Crippen LogP) is 1.82. The number of ether oxygens (including phenoxy) is 1. The van der Waals surface area contributed by atoms with Crippen molar-refractivity contribution in [3.8, 4) is 5.75 Å². The minimum Gasteiger partial charge on any atom is -0.497 e. The summed E-state index contributed by atoms with van der Waals surface area (Å²) in [4.78, 5) is 0. The third kappa shape index (κ3) is 3.90. The summed E-state index contributed by atoms with van der Waals surface area (Å²) < 4.78 is 5.08. The maximum Gasteiger partial charge on any atom is 0.118 e. The van der Waals surface area contributed by atoms with Gasteiger partial charge in [0, 0.05) is 11.6 Å². The van der Waals surface area contributed by atoms with E-state index in [4.69, 9.17) is 16.2 Å². The molecule has 0 spiro atoms. The monoisotopic (exact) mass is 208 g/mol. The Morgan fingerprint density at radius 1 is 1.27 bits per heavy atom. The lowest BCUT2D eigenvalue weighted by molar-refractivity contribution is 0.413. The number of hydrogen-bond acceptors (Lipinski definition) is 3. The summed E-state index contributed by atoms with van der Waals surface area (Å²) in [6, 6.07) is 7.78. The van der Waals surface area contributed by atoms with Crippen molar-refractivity contribution >= 4 is 0 Å². The van der Waals surface area contributed by atoms with Crippen LogP contribution in [0.1, 0.15) is 31.9 Å². The van der Waals surface area contributed by atoms with E-state index in [0.717, 1.165) is 17.7 Å². The highest BCUT2D eigenvalue weighted by molar-refractivity contribution is 5.29. The highest BCUT2D eigenvalue weighted by Gasteiger charge is 2.17. The second kappa shape index (κ2) is 4.64. The van der Waals surface area contributed by atoms with Gasteiger partial charge in [0.05, 0.1) is 7.11 Å². The van der Waals surface area contributed by atoms with Gasteiger partial charge >= 0.3 is 0 Å². The maximum absolute atomic E-state index is 6.05. The van der Waals surface area contributed by atoms with Crippen LogP contribution in [0, 0.1) is 0 Å². The van der Waals surface area contributed by atoms with Crippen LogP contribution in [0.5, 0.6) is 5.75 Å². The number of nitrogens with two attached hydrogens (primary N) is 2. The molecule has 3 heteroatoms. The molecule has 1 rings (SSSR count). The van der Waals surface area contributed by atoms with Crippen molar-refractivity contribution in [2.75, 3.05) is 7.11 Å². The SMILES string of the molecule is COc1ccc(C(N)CC(C)(C)N)cc1. The van der Waals surface area contributed by atoms with Crippen LogP contribution >= 0.6 is 0 Å². The van der Waals surface area contributed by atoms with Crippen molar-refractivity contribution in [3.05, 3.63) is 29.8 Å². The van der Waals surface area contributed by atoms with Crippen LogP contribution in [0.2, 0.25) is 0 Å². The molecule has 0 fully saturated rings. The van der Waals surface area contributed by atoms with Gasteiger partial charge in [0.1, 0.15) is 5.75 Å². The molecular formula is C12H20N2O. The first-order chi connectivity index (χ1) is 6.92. The molecule has 0 saturated heterocycles. The number of methoxy groups -OCH3 is 1. The minimum atomic E-state index is -0.237. The summed E-state index contributed by atoms with van der Waals surface area (Å²) in [6.07, 6.45) is 0.763. The molecule has 0 aliphatic rings. The van der Waals surface area contributed by atoms with E-state index in [9.17, 15) is 0 Å². The van der Waals surface area contributed by atoms with E-state index in [2.05, 4.69) is 0 Å². The van der Waals surface area contributed by atoms with Crippen LogP contribution in [0.15, 0.2) is 24.3 Å². The van der Waals surface area contributed by atoms with E-state index < -0.39 is 0 Å².